The number of halogens is 1. The van der Waals surface area contributed by atoms with Gasteiger partial charge in [-0.25, -0.2) is 4.98 Å². The molecule has 0 aliphatic rings. The topological polar surface area (TPSA) is 50.9 Å². The molecule has 4 nitrogen and oxygen atoms in total. The van der Waals surface area contributed by atoms with Crippen molar-refractivity contribution >= 4 is 27.0 Å². The standard InChI is InChI=1S/C16H16BrN3O/c1-2-20-14-6-4-3-5-13(14)19-16(20)8-15(21)11-7-12(17)10-18-9-11/h3-7,9-10,15,21H,2,8H2,1H3. The van der Waals surface area contributed by atoms with Gasteiger partial charge in [-0.1, -0.05) is 12.1 Å². The van der Waals surface area contributed by atoms with Crippen molar-refractivity contribution in [2.75, 3.05) is 0 Å². The van der Waals surface area contributed by atoms with Gasteiger partial charge in [0.2, 0.25) is 0 Å². The third-order valence-electron chi connectivity index (χ3n) is 3.54. The molecule has 108 valence electrons. The molecule has 1 N–H and O–H groups in total. The summed E-state index contributed by atoms with van der Waals surface area (Å²) in [4.78, 5) is 8.74. The number of aromatic nitrogens is 3. The van der Waals surface area contributed by atoms with Gasteiger partial charge in [-0.3, -0.25) is 4.98 Å². The number of aliphatic hydroxyl groups is 1. The SMILES string of the molecule is CCn1c(CC(O)c2cncc(Br)c2)nc2ccccc21. The summed E-state index contributed by atoms with van der Waals surface area (Å²) in [7, 11) is 0. The van der Waals surface area contributed by atoms with E-state index in [1.807, 2.05) is 24.3 Å². The van der Waals surface area contributed by atoms with Crippen LogP contribution in [0.25, 0.3) is 11.0 Å². The van der Waals surface area contributed by atoms with Crippen molar-refractivity contribution in [1.29, 1.82) is 0 Å². The van der Waals surface area contributed by atoms with Crippen LogP contribution in [0.5, 0.6) is 0 Å². The average Bonchev–Trinajstić information content (AvgIpc) is 2.84. The number of aliphatic hydroxyl groups excluding tert-OH is 1. The molecule has 1 unspecified atom stereocenters. The second-order valence-electron chi connectivity index (χ2n) is 4.92. The van der Waals surface area contributed by atoms with Crippen LogP contribution < -0.4 is 0 Å². The highest BCUT2D eigenvalue weighted by Crippen LogP contribution is 2.23. The summed E-state index contributed by atoms with van der Waals surface area (Å²) < 4.78 is 3.01. The highest BCUT2D eigenvalue weighted by Gasteiger charge is 2.15. The summed E-state index contributed by atoms with van der Waals surface area (Å²) in [5.41, 5.74) is 2.86. The average molecular weight is 346 g/mol. The van der Waals surface area contributed by atoms with Crippen LogP contribution in [0.4, 0.5) is 0 Å². The third-order valence-corrected chi connectivity index (χ3v) is 3.97. The molecular weight excluding hydrogens is 330 g/mol. The van der Waals surface area contributed by atoms with Gasteiger partial charge in [0, 0.05) is 35.4 Å². The van der Waals surface area contributed by atoms with Gasteiger partial charge in [-0.15, -0.1) is 0 Å². The zero-order chi connectivity index (χ0) is 14.8. The van der Waals surface area contributed by atoms with E-state index in [1.165, 1.54) is 0 Å². The first-order chi connectivity index (χ1) is 10.2. The normalized spacial score (nSPS) is 12.7. The van der Waals surface area contributed by atoms with Crippen molar-refractivity contribution in [3.63, 3.8) is 0 Å². The second-order valence-corrected chi connectivity index (χ2v) is 5.83. The van der Waals surface area contributed by atoms with Gasteiger partial charge in [0.15, 0.2) is 0 Å². The minimum atomic E-state index is -0.614. The monoisotopic (exact) mass is 345 g/mol. The summed E-state index contributed by atoms with van der Waals surface area (Å²) in [6, 6.07) is 9.93. The van der Waals surface area contributed by atoms with Gasteiger partial charge in [0.1, 0.15) is 5.82 Å². The van der Waals surface area contributed by atoms with Gasteiger partial charge in [0.05, 0.1) is 17.1 Å². The fraction of sp³-hybridized carbons (Fsp3) is 0.250. The van der Waals surface area contributed by atoms with Gasteiger partial charge < -0.3 is 9.67 Å². The number of nitrogens with zero attached hydrogens (tertiary/aromatic N) is 3. The number of imidazole rings is 1. The van der Waals surface area contributed by atoms with Crippen molar-refractivity contribution < 1.29 is 5.11 Å². The Balaban J connectivity index is 1.94. The summed E-state index contributed by atoms with van der Waals surface area (Å²) in [6.45, 7) is 2.92. The van der Waals surface area contributed by atoms with Crippen molar-refractivity contribution in [2.45, 2.75) is 26.0 Å². The lowest BCUT2D eigenvalue weighted by atomic mass is 10.1. The molecule has 2 heterocycles. The van der Waals surface area contributed by atoms with E-state index in [1.54, 1.807) is 12.4 Å². The lowest BCUT2D eigenvalue weighted by Gasteiger charge is -2.12. The highest BCUT2D eigenvalue weighted by atomic mass is 79.9. The number of hydrogen-bond acceptors (Lipinski definition) is 3. The van der Waals surface area contributed by atoms with Crippen LogP contribution in [0.15, 0.2) is 47.2 Å². The van der Waals surface area contributed by atoms with E-state index in [4.69, 9.17) is 0 Å². The molecule has 0 amide bonds. The molecule has 0 aliphatic carbocycles. The van der Waals surface area contributed by atoms with Crippen LogP contribution in [0.1, 0.15) is 24.4 Å². The fourth-order valence-electron chi connectivity index (χ4n) is 2.54. The molecule has 0 spiro atoms. The first kappa shape index (κ1) is 14.2. The van der Waals surface area contributed by atoms with E-state index < -0.39 is 6.10 Å². The number of benzene rings is 1. The first-order valence-corrected chi connectivity index (χ1v) is 7.71. The van der Waals surface area contributed by atoms with Crippen LogP contribution >= 0.6 is 15.9 Å². The summed E-state index contributed by atoms with van der Waals surface area (Å²) in [5.74, 6) is 0.895. The Morgan fingerprint density at radius 1 is 1.29 bits per heavy atom. The molecule has 1 aromatic carbocycles. The molecule has 21 heavy (non-hydrogen) atoms. The maximum atomic E-state index is 10.4. The van der Waals surface area contributed by atoms with Gasteiger partial charge >= 0.3 is 0 Å². The third kappa shape index (κ3) is 2.84. The Labute approximate surface area is 131 Å². The predicted octanol–water partition coefficient (Wildman–Crippen LogP) is 3.49. The van der Waals surface area contributed by atoms with Gasteiger partial charge in [-0.05, 0) is 41.1 Å². The number of fused-ring (bicyclic) bond motifs is 1. The Kier molecular flexibility index (Phi) is 4.03. The molecular formula is C16H16BrN3O. The molecule has 3 aromatic rings. The van der Waals surface area contributed by atoms with Crippen molar-refractivity contribution in [3.8, 4) is 0 Å². The molecule has 3 rings (SSSR count). The van der Waals surface area contributed by atoms with Crippen molar-refractivity contribution in [2.24, 2.45) is 0 Å². The maximum absolute atomic E-state index is 10.4. The molecule has 0 saturated carbocycles. The van der Waals surface area contributed by atoms with Crippen LogP contribution in [0.2, 0.25) is 0 Å². The first-order valence-electron chi connectivity index (χ1n) is 6.91. The molecule has 0 fully saturated rings. The quantitative estimate of drug-likeness (QED) is 0.787. The van der Waals surface area contributed by atoms with E-state index in [0.29, 0.717) is 6.42 Å². The van der Waals surface area contributed by atoms with Crippen LogP contribution in [0.3, 0.4) is 0 Å². The number of pyridine rings is 1. The molecule has 1 atom stereocenters. The molecule has 5 heteroatoms. The van der Waals surface area contributed by atoms with Gasteiger partial charge in [-0.2, -0.15) is 0 Å². The van der Waals surface area contributed by atoms with Crippen LogP contribution in [0, 0.1) is 0 Å². The summed E-state index contributed by atoms with van der Waals surface area (Å²) >= 11 is 3.38. The number of rotatable bonds is 4. The van der Waals surface area contributed by atoms with Crippen LogP contribution in [-0.4, -0.2) is 19.6 Å². The number of para-hydroxylation sites is 2. The minimum Gasteiger partial charge on any atom is -0.388 e. The molecule has 0 saturated heterocycles. The van der Waals surface area contributed by atoms with E-state index in [9.17, 15) is 5.11 Å². The Morgan fingerprint density at radius 3 is 2.86 bits per heavy atom. The smallest absolute Gasteiger partial charge is 0.112 e. The van der Waals surface area contributed by atoms with Crippen molar-refractivity contribution in [3.05, 3.63) is 58.6 Å². The van der Waals surface area contributed by atoms with E-state index >= 15 is 0 Å². The van der Waals surface area contributed by atoms with Gasteiger partial charge in [0.25, 0.3) is 0 Å². The number of aryl methyl sites for hydroxylation is 1. The Morgan fingerprint density at radius 2 is 2.10 bits per heavy atom. The Hall–Kier alpha value is -1.72. The van der Waals surface area contributed by atoms with Crippen molar-refractivity contribution in [1.82, 2.24) is 14.5 Å². The molecule has 0 aliphatic heterocycles. The highest BCUT2D eigenvalue weighted by molar-refractivity contribution is 9.10. The lowest BCUT2D eigenvalue weighted by molar-refractivity contribution is 0.174. The molecule has 0 radical (unpaired) electrons. The summed E-state index contributed by atoms with van der Waals surface area (Å²) in [6.07, 6.45) is 3.25. The molecule has 2 aromatic heterocycles. The predicted molar refractivity (Wildman–Crippen MR) is 86.0 cm³/mol. The zero-order valence-corrected chi connectivity index (χ0v) is 13.3. The van der Waals surface area contributed by atoms with E-state index in [2.05, 4.69) is 43.5 Å². The second kappa shape index (κ2) is 5.95. The largest absolute Gasteiger partial charge is 0.388 e. The summed E-state index contributed by atoms with van der Waals surface area (Å²) in [5, 5.41) is 10.4. The molecule has 0 bridgehead atoms. The number of hydrogen-bond donors (Lipinski definition) is 1. The fourth-order valence-corrected chi connectivity index (χ4v) is 2.92. The lowest BCUT2D eigenvalue weighted by Crippen LogP contribution is -2.08. The van der Waals surface area contributed by atoms with E-state index in [-0.39, 0.29) is 0 Å². The maximum Gasteiger partial charge on any atom is 0.112 e. The van der Waals surface area contributed by atoms with Crippen LogP contribution in [-0.2, 0) is 13.0 Å². The minimum absolute atomic E-state index is 0.473. The zero-order valence-electron chi connectivity index (χ0n) is 11.7. The Bertz CT molecular complexity index is 769. The van der Waals surface area contributed by atoms with E-state index in [0.717, 1.165) is 33.4 Å².